The monoisotopic (exact) mass is 244 g/mol. The molecule has 0 amide bonds. The normalized spacial score (nSPS) is 18.1. The number of likely N-dealkylation sites (tertiary alicyclic amines) is 1. The van der Waals surface area contributed by atoms with Crippen molar-refractivity contribution >= 4 is 30.8 Å². The molecule has 0 aromatic heterocycles. The first-order chi connectivity index (χ1) is 5.68. The highest BCUT2D eigenvalue weighted by atomic mass is 35.5. The molecule has 0 radical (unpaired) electrons. The van der Waals surface area contributed by atoms with Gasteiger partial charge in [-0.1, -0.05) is 0 Å². The van der Waals surface area contributed by atoms with Gasteiger partial charge in [-0.2, -0.15) is 0 Å². The lowest BCUT2D eigenvalue weighted by Crippen LogP contribution is -2.42. The lowest BCUT2D eigenvalue weighted by atomic mass is 10.1. The van der Waals surface area contributed by atoms with Crippen LogP contribution in [-0.4, -0.2) is 48.7 Å². The molecule has 2 N–H and O–H groups in total. The minimum atomic E-state index is -0.770. The van der Waals surface area contributed by atoms with Gasteiger partial charge in [-0.15, -0.1) is 24.8 Å². The molecule has 4 nitrogen and oxygen atoms in total. The van der Waals surface area contributed by atoms with Crippen LogP contribution in [0.5, 0.6) is 0 Å². The van der Waals surface area contributed by atoms with Crippen molar-refractivity contribution in [3.05, 3.63) is 0 Å². The largest absolute Gasteiger partial charge is 0.480 e. The molecular weight excluding hydrogens is 227 g/mol. The fourth-order valence-electron chi connectivity index (χ4n) is 1.44. The molecule has 1 aliphatic heterocycles. The van der Waals surface area contributed by atoms with Crippen molar-refractivity contribution in [3.63, 3.8) is 0 Å². The van der Waals surface area contributed by atoms with E-state index < -0.39 is 5.97 Å². The lowest BCUT2D eigenvalue weighted by molar-refractivity contribution is -0.136. The van der Waals surface area contributed by atoms with Crippen molar-refractivity contribution in [2.24, 2.45) is 0 Å². The molecule has 1 fully saturated rings. The molecule has 1 rings (SSSR count). The van der Waals surface area contributed by atoms with Gasteiger partial charge in [0.05, 0.1) is 6.54 Å². The quantitative estimate of drug-likeness (QED) is 0.764. The molecule has 0 bridgehead atoms. The fraction of sp³-hybridized carbons (Fsp3) is 0.875. The standard InChI is InChI=1S/C8H16N2O2.2ClH/c1-10-4-2-7(3-5-10)9-6-8(11)12;;/h7,9H,2-6H2,1H3,(H,11,12);2*1H. The zero-order chi connectivity index (χ0) is 8.97. The molecule has 0 unspecified atom stereocenters. The average molecular weight is 245 g/mol. The van der Waals surface area contributed by atoms with Gasteiger partial charge in [-0.25, -0.2) is 0 Å². The highest BCUT2D eigenvalue weighted by Crippen LogP contribution is 2.07. The lowest BCUT2D eigenvalue weighted by Gasteiger charge is -2.29. The minimum absolute atomic E-state index is 0. The smallest absolute Gasteiger partial charge is 0.317 e. The van der Waals surface area contributed by atoms with Crippen LogP contribution in [0, 0.1) is 0 Å². The van der Waals surface area contributed by atoms with Crippen LogP contribution in [0.2, 0.25) is 0 Å². The summed E-state index contributed by atoms with van der Waals surface area (Å²) in [5, 5.41) is 11.4. The van der Waals surface area contributed by atoms with E-state index in [0.29, 0.717) is 6.04 Å². The summed E-state index contributed by atoms with van der Waals surface area (Å²) in [6.45, 7) is 2.23. The van der Waals surface area contributed by atoms with E-state index in [2.05, 4.69) is 17.3 Å². The SMILES string of the molecule is CN1CCC(NCC(=O)O)CC1.Cl.Cl. The van der Waals surface area contributed by atoms with Gasteiger partial charge in [0.1, 0.15) is 0 Å². The number of hydrogen-bond acceptors (Lipinski definition) is 3. The van der Waals surface area contributed by atoms with Gasteiger partial charge in [0, 0.05) is 6.04 Å². The van der Waals surface area contributed by atoms with Gasteiger partial charge in [0.15, 0.2) is 0 Å². The van der Waals surface area contributed by atoms with Gasteiger partial charge in [0.25, 0.3) is 0 Å². The molecule has 0 aliphatic carbocycles. The summed E-state index contributed by atoms with van der Waals surface area (Å²) in [6, 6.07) is 0.400. The molecule has 0 aromatic rings. The molecule has 0 spiro atoms. The van der Waals surface area contributed by atoms with E-state index in [0.717, 1.165) is 25.9 Å². The molecule has 86 valence electrons. The first kappa shape index (κ1) is 16.4. The van der Waals surface area contributed by atoms with E-state index in [-0.39, 0.29) is 31.4 Å². The summed E-state index contributed by atoms with van der Waals surface area (Å²) < 4.78 is 0. The number of carboxylic acids is 1. The van der Waals surface area contributed by atoms with Crippen LogP contribution in [0.4, 0.5) is 0 Å². The summed E-state index contributed by atoms with van der Waals surface area (Å²) in [5.74, 6) is -0.770. The van der Waals surface area contributed by atoms with Crippen molar-refractivity contribution in [3.8, 4) is 0 Å². The Morgan fingerprint density at radius 1 is 1.43 bits per heavy atom. The Balaban J connectivity index is 0. The van der Waals surface area contributed by atoms with Crippen molar-refractivity contribution < 1.29 is 9.90 Å². The predicted octanol–water partition coefficient (Wildman–Crippen LogP) is 0.598. The first-order valence-electron chi connectivity index (χ1n) is 4.32. The number of rotatable bonds is 3. The second-order valence-corrected chi connectivity index (χ2v) is 3.35. The number of nitrogens with one attached hydrogen (secondary N) is 1. The Labute approximate surface area is 96.9 Å². The van der Waals surface area contributed by atoms with E-state index in [1.165, 1.54) is 0 Å². The minimum Gasteiger partial charge on any atom is -0.480 e. The zero-order valence-electron chi connectivity index (χ0n) is 8.23. The second-order valence-electron chi connectivity index (χ2n) is 3.35. The third-order valence-corrected chi connectivity index (χ3v) is 2.26. The molecule has 6 heteroatoms. The fourth-order valence-corrected chi connectivity index (χ4v) is 1.44. The van der Waals surface area contributed by atoms with E-state index in [1.54, 1.807) is 0 Å². The topological polar surface area (TPSA) is 52.6 Å². The van der Waals surface area contributed by atoms with Gasteiger partial charge < -0.3 is 15.3 Å². The molecule has 14 heavy (non-hydrogen) atoms. The summed E-state index contributed by atoms with van der Waals surface area (Å²) >= 11 is 0. The van der Waals surface area contributed by atoms with Crippen molar-refractivity contribution in [1.29, 1.82) is 0 Å². The third kappa shape index (κ3) is 6.43. The molecule has 0 atom stereocenters. The van der Waals surface area contributed by atoms with E-state index in [1.807, 2.05) is 0 Å². The van der Waals surface area contributed by atoms with Crippen LogP contribution in [0.15, 0.2) is 0 Å². The average Bonchev–Trinajstić information content (AvgIpc) is 2.03. The van der Waals surface area contributed by atoms with E-state index in [9.17, 15) is 4.79 Å². The molecular formula is C8H18Cl2N2O2. The number of piperidine rings is 1. The maximum Gasteiger partial charge on any atom is 0.317 e. The van der Waals surface area contributed by atoms with Crippen LogP contribution in [0.1, 0.15) is 12.8 Å². The number of aliphatic carboxylic acids is 1. The summed E-state index contributed by atoms with van der Waals surface area (Å²) in [5.41, 5.74) is 0. The first-order valence-corrected chi connectivity index (χ1v) is 4.32. The van der Waals surface area contributed by atoms with Gasteiger partial charge in [-0.3, -0.25) is 4.79 Å². The van der Waals surface area contributed by atoms with E-state index >= 15 is 0 Å². The maximum atomic E-state index is 10.2. The summed E-state index contributed by atoms with van der Waals surface area (Å²) in [6.07, 6.45) is 2.12. The molecule has 0 aromatic carbocycles. The number of hydrogen-bond donors (Lipinski definition) is 2. The number of halogens is 2. The summed E-state index contributed by atoms with van der Waals surface area (Å²) in [7, 11) is 2.09. The van der Waals surface area contributed by atoms with Gasteiger partial charge >= 0.3 is 5.97 Å². The number of carbonyl (C=O) groups is 1. The predicted molar refractivity (Wildman–Crippen MR) is 60.7 cm³/mol. The van der Waals surface area contributed by atoms with Crippen molar-refractivity contribution in [1.82, 2.24) is 10.2 Å². The van der Waals surface area contributed by atoms with Crippen molar-refractivity contribution in [2.75, 3.05) is 26.7 Å². The Bertz CT molecular complexity index is 161. The zero-order valence-corrected chi connectivity index (χ0v) is 9.87. The number of carboxylic acid groups (broad SMARTS) is 1. The Hall–Kier alpha value is -0.0300. The molecule has 0 saturated carbocycles. The summed E-state index contributed by atoms with van der Waals surface area (Å²) in [4.78, 5) is 12.5. The van der Waals surface area contributed by atoms with Crippen LogP contribution in [0.25, 0.3) is 0 Å². The highest BCUT2D eigenvalue weighted by molar-refractivity contribution is 5.85. The Kier molecular flexibility index (Phi) is 9.72. The Morgan fingerprint density at radius 2 is 1.93 bits per heavy atom. The van der Waals surface area contributed by atoms with Crippen molar-refractivity contribution in [2.45, 2.75) is 18.9 Å². The van der Waals surface area contributed by atoms with Crippen LogP contribution >= 0.6 is 24.8 Å². The van der Waals surface area contributed by atoms with E-state index in [4.69, 9.17) is 5.11 Å². The van der Waals surface area contributed by atoms with Crippen LogP contribution in [0.3, 0.4) is 0 Å². The highest BCUT2D eigenvalue weighted by Gasteiger charge is 2.16. The molecule has 1 saturated heterocycles. The number of nitrogens with zero attached hydrogens (tertiary/aromatic N) is 1. The maximum absolute atomic E-state index is 10.2. The van der Waals surface area contributed by atoms with Gasteiger partial charge in [-0.05, 0) is 33.0 Å². The van der Waals surface area contributed by atoms with Gasteiger partial charge in [0.2, 0.25) is 0 Å². The van der Waals surface area contributed by atoms with Crippen LogP contribution < -0.4 is 5.32 Å². The third-order valence-electron chi connectivity index (χ3n) is 2.26. The Morgan fingerprint density at radius 3 is 2.36 bits per heavy atom. The second kappa shape index (κ2) is 8.29. The molecule has 1 heterocycles. The molecule has 1 aliphatic rings. The van der Waals surface area contributed by atoms with Crippen LogP contribution in [-0.2, 0) is 4.79 Å².